The number of allylic oxidation sites excluding steroid dienone is 5. The lowest BCUT2D eigenvalue weighted by molar-refractivity contribution is 0.394. The predicted molar refractivity (Wildman–Crippen MR) is 222 cm³/mol. The van der Waals surface area contributed by atoms with Gasteiger partial charge in [-0.2, -0.15) is 0 Å². The molecular formula is C51H41NO. The van der Waals surface area contributed by atoms with E-state index in [4.69, 9.17) is 4.42 Å². The van der Waals surface area contributed by atoms with Crippen LogP contribution in [0, 0.1) is 5.92 Å². The van der Waals surface area contributed by atoms with Gasteiger partial charge in [0.05, 0.1) is 0 Å². The van der Waals surface area contributed by atoms with Crippen LogP contribution in [-0.2, 0) is 11.8 Å². The number of nitrogens with zero attached hydrogens (tertiary/aromatic N) is 1. The molecule has 10 rings (SSSR count). The molecule has 0 saturated carbocycles. The zero-order valence-corrected chi connectivity index (χ0v) is 30.2. The van der Waals surface area contributed by atoms with Crippen molar-refractivity contribution in [2.24, 2.45) is 5.92 Å². The van der Waals surface area contributed by atoms with Crippen LogP contribution in [0.5, 0.6) is 0 Å². The molecule has 0 bridgehead atoms. The first-order valence-electron chi connectivity index (χ1n) is 18.9. The number of aryl methyl sites for hydroxylation is 1. The maximum atomic E-state index is 6.48. The average Bonchev–Trinajstić information content (AvgIpc) is 3.70. The summed E-state index contributed by atoms with van der Waals surface area (Å²) in [6, 6.07) is 51.2. The van der Waals surface area contributed by atoms with Gasteiger partial charge in [0.15, 0.2) is 0 Å². The molecule has 0 aliphatic heterocycles. The summed E-state index contributed by atoms with van der Waals surface area (Å²) in [7, 11) is 0. The molecule has 0 spiro atoms. The highest BCUT2D eigenvalue weighted by molar-refractivity contribution is 5.99. The molecule has 0 amide bonds. The molecule has 53 heavy (non-hydrogen) atoms. The number of hydrogen-bond acceptors (Lipinski definition) is 2. The van der Waals surface area contributed by atoms with Gasteiger partial charge in [-0.05, 0) is 111 Å². The van der Waals surface area contributed by atoms with Crippen LogP contribution in [0.1, 0.15) is 48.6 Å². The summed E-state index contributed by atoms with van der Waals surface area (Å²) >= 11 is 0. The van der Waals surface area contributed by atoms with Gasteiger partial charge >= 0.3 is 0 Å². The number of rotatable bonds is 6. The highest BCUT2D eigenvalue weighted by atomic mass is 16.3. The molecule has 256 valence electrons. The molecule has 0 radical (unpaired) electrons. The Bertz CT molecular complexity index is 2570. The Kier molecular flexibility index (Phi) is 7.47. The lowest BCUT2D eigenvalue weighted by atomic mass is 9.74. The minimum Gasteiger partial charge on any atom is -0.460 e. The Hall–Kier alpha value is -6.12. The summed E-state index contributed by atoms with van der Waals surface area (Å²) < 4.78 is 6.48. The van der Waals surface area contributed by atoms with Gasteiger partial charge in [0.1, 0.15) is 11.3 Å². The molecule has 3 aliphatic carbocycles. The highest BCUT2D eigenvalue weighted by Crippen LogP contribution is 2.54. The molecule has 2 heteroatoms. The predicted octanol–water partition coefficient (Wildman–Crippen LogP) is 14.0. The van der Waals surface area contributed by atoms with E-state index in [2.05, 4.69) is 195 Å². The third-order valence-electron chi connectivity index (χ3n) is 11.8. The van der Waals surface area contributed by atoms with Gasteiger partial charge in [0, 0.05) is 40.4 Å². The van der Waals surface area contributed by atoms with Crippen LogP contribution in [0.25, 0.3) is 50.4 Å². The van der Waals surface area contributed by atoms with E-state index in [0.717, 1.165) is 41.1 Å². The topological polar surface area (TPSA) is 16.4 Å². The van der Waals surface area contributed by atoms with E-state index in [9.17, 15) is 0 Å². The number of furan rings is 1. The van der Waals surface area contributed by atoms with Gasteiger partial charge in [-0.1, -0.05) is 141 Å². The molecule has 3 aliphatic rings. The minimum atomic E-state index is 0.0251. The minimum absolute atomic E-state index is 0.0251. The van der Waals surface area contributed by atoms with Crippen molar-refractivity contribution >= 4 is 34.1 Å². The number of fused-ring (bicyclic) bond motifs is 6. The van der Waals surface area contributed by atoms with Crippen molar-refractivity contribution in [3.63, 3.8) is 0 Å². The third kappa shape index (κ3) is 5.32. The van der Waals surface area contributed by atoms with Gasteiger partial charge in [-0.15, -0.1) is 0 Å². The molecule has 2 atom stereocenters. The molecule has 7 aromatic rings. The highest BCUT2D eigenvalue weighted by Gasteiger charge is 2.44. The van der Waals surface area contributed by atoms with Crippen LogP contribution >= 0.6 is 0 Å². The van der Waals surface area contributed by atoms with Crippen LogP contribution in [0.15, 0.2) is 174 Å². The molecule has 1 heterocycles. The average molecular weight is 684 g/mol. The number of hydrogen-bond donors (Lipinski definition) is 0. The molecule has 2 nitrogen and oxygen atoms in total. The molecule has 2 unspecified atom stereocenters. The van der Waals surface area contributed by atoms with Gasteiger partial charge in [-0.3, -0.25) is 0 Å². The Labute approximate surface area is 312 Å². The Morgan fingerprint density at radius 3 is 1.94 bits per heavy atom. The van der Waals surface area contributed by atoms with Crippen molar-refractivity contribution in [3.05, 3.63) is 192 Å². The molecule has 6 aromatic carbocycles. The van der Waals surface area contributed by atoms with Crippen LogP contribution in [0.3, 0.4) is 0 Å². The maximum absolute atomic E-state index is 6.48. The summed E-state index contributed by atoms with van der Waals surface area (Å²) in [6.07, 6.45) is 15.7. The fourth-order valence-electron chi connectivity index (χ4n) is 9.07. The van der Waals surface area contributed by atoms with E-state index in [1.807, 2.05) is 0 Å². The van der Waals surface area contributed by atoms with E-state index in [1.54, 1.807) is 0 Å². The Balaban J connectivity index is 1.09. The second kappa shape index (κ2) is 12.5. The summed E-state index contributed by atoms with van der Waals surface area (Å²) in [6.45, 7) is 4.81. The summed E-state index contributed by atoms with van der Waals surface area (Å²) in [5.74, 6) is 1.97. The monoisotopic (exact) mass is 683 g/mol. The zero-order chi connectivity index (χ0) is 35.5. The fraction of sp³-hybridized carbons (Fsp3) is 0.137. The molecule has 0 N–H and O–H groups in total. The summed E-state index contributed by atoms with van der Waals surface area (Å²) in [4.78, 5) is 2.41. The first kappa shape index (κ1) is 31.6. The van der Waals surface area contributed by atoms with E-state index < -0.39 is 0 Å². The van der Waals surface area contributed by atoms with Crippen molar-refractivity contribution in [1.29, 1.82) is 0 Å². The smallest absolute Gasteiger partial charge is 0.135 e. The summed E-state index contributed by atoms with van der Waals surface area (Å²) in [5.41, 5.74) is 15.7. The maximum Gasteiger partial charge on any atom is 0.135 e. The van der Waals surface area contributed by atoms with Crippen molar-refractivity contribution in [2.45, 2.75) is 38.0 Å². The van der Waals surface area contributed by atoms with Gasteiger partial charge in [0.25, 0.3) is 0 Å². The lowest BCUT2D eigenvalue weighted by Gasteiger charge is -2.30. The zero-order valence-electron chi connectivity index (χ0n) is 30.2. The van der Waals surface area contributed by atoms with Crippen molar-refractivity contribution in [3.8, 4) is 33.4 Å². The van der Waals surface area contributed by atoms with Crippen molar-refractivity contribution in [2.75, 3.05) is 4.90 Å². The first-order valence-corrected chi connectivity index (χ1v) is 18.9. The molecule has 0 saturated heterocycles. The van der Waals surface area contributed by atoms with E-state index in [0.29, 0.717) is 11.8 Å². The van der Waals surface area contributed by atoms with Gasteiger partial charge in [0.2, 0.25) is 0 Å². The van der Waals surface area contributed by atoms with Crippen molar-refractivity contribution < 1.29 is 4.42 Å². The van der Waals surface area contributed by atoms with E-state index in [-0.39, 0.29) is 5.41 Å². The standard InChI is InChI=1S/C51H41NO/c1-51(2)47-19-11-9-17-41(47)42-30-29-40(31-48(42)51)52(38-25-21-35(22-26-38)34-13-5-3-6-14-34)39-27-23-37(24-28-39)45-33-50-46(43-18-10-12-20-49(43)53-50)32-44(45)36-15-7-4-8-16-36/h3-11,13-19,21-33,41,47H,12,20H2,1-2H3. The summed E-state index contributed by atoms with van der Waals surface area (Å²) in [5, 5.41) is 1.19. The van der Waals surface area contributed by atoms with E-state index >= 15 is 0 Å². The largest absolute Gasteiger partial charge is 0.460 e. The van der Waals surface area contributed by atoms with Gasteiger partial charge in [-0.25, -0.2) is 0 Å². The second-order valence-electron chi connectivity index (χ2n) is 15.2. The van der Waals surface area contributed by atoms with Crippen LogP contribution in [0.2, 0.25) is 0 Å². The third-order valence-corrected chi connectivity index (χ3v) is 11.8. The second-order valence-corrected chi connectivity index (χ2v) is 15.2. The van der Waals surface area contributed by atoms with Crippen molar-refractivity contribution in [1.82, 2.24) is 0 Å². The fourth-order valence-corrected chi connectivity index (χ4v) is 9.07. The normalized spacial score (nSPS) is 17.8. The van der Waals surface area contributed by atoms with Crippen LogP contribution < -0.4 is 4.90 Å². The SMILES string of the molecule is CC1(C)c2cc(N(c3ccc(-c4ccccc4)cc3)c3ccc(-c4cc5oc6c(c5cc4-c4ccccc4)C=CCC6)cc3)ccc2C2C=CC=CC21. The number of anilines is 3. The Morgan fingerprint density at radius 1 is 0.604 bits per heavy atom. The van der Waals surface area contributed by atoms with Crippen LogP contribution in [0.4, 0.5) is 17.1 Å². The molecular weight excluding hydrogens is 643 g/mol. The quantitative estimate of drug-likeness (QED) is 0.173. The van der Waals surface area contributed by atoms with Gasteiger partial charge < -0.3 is 9.32 Å². The molecule has 0 fully saturated rings. The molecule has 1 aromatic heterocycles. The van der Waals surface area contributed by atoms with E-state index in [1.165, 1.54) is 55.6 Å². The number of benzene rings is 6. The Morgan fingerprint density at radius 2 is 1.21 bits per heavy atom. The first-order chi connectivity index (χ1) is 26.0. The van der Waals surface area contributed by atoms with Crippen LogP contribution in [-0.4, -0.2) is 0 Å². The lowest BCUT2D eigenvalue weighted by Crippen LogP contribution is -2.24.